The normalized spacial score (nSPS) is 12.8. The Kier molecular flexibility index (Phi) is 4.19. The van der Waals surface area contributed by atoms with Gasteiger partial charge in [-0.25, -0.2) is 4.79 Å². The lowest BCUT2D eigenvalue weighted by Gasteiger charge is -2.27. The van der Waals surface area contributed by atoms with Crippen molar-refractivity contribution >= 4 is 17.6 Å². The van der Waals surface area contributed by atoms with Crippen LogP contribution in [0.5, 0.6) is 0 Å². The molecule has 1 aromatic rings. The number of benzene rings is 1. The number of aliphatic carboxylic acids is 1. The van der Waals surface area contributed by atoms with Crippen molar-refractivity contribution in [2.24, 2.45) is 5.41 Å². The Bertz CT molecular complexity index is 504. The Morgan fingerprint density at radius 3 is 2.32 bits per heavy atom. The summed E-state index contributed by atoms with van der Waals surface area (Å²) in [4.78, 5) is 23.2. The third kappa shape index (κ3) is 3.71. The van der Waals surface area contributed by atoms with Crippen LogP contribution >= 0.6 is 0 Å². The van der Waals surface area contributed by atoms with Crippen molar-refractivity contribution in [3.05, 3.63) is 29.3 Å². The number of nitrogens with two attached hydrogens (primary N) is 1. The maximum atomic E-state index is 12.0. The molecule has 4 N–H and O–H groups in total. The molecule has 1 atom stereocenters. The second-order valence-corrected chi connectivity index (χ2v) is 5.68. The van der Waals surface area contributed by atoms with Crippen molar-refractivity contribution in [1.82, 2.24) is 5.32 Å². The fraction of sp³-hybridized carbons (Fsp3) is 0.429. The third-order valence-electron chi connectivity index (χ3n) is 2.93. The highest BCUT2D eigenvalue weighted by atomic mass is 16.4. The van der Waals surface area contributed by atoms with Gasteiger partial charge < -0.3 is 16.2 Å². The van der Waals surface area contributed by atoms with E-state index in [9.17, 15) is 9.59 Å². The molecule has 104 valence electrons. The van der Waals surface area contributed by atoms with Gasteiger partial charge in [-0.3, -0.25) is 4.79 Å². The highest BCUT2D eigenvalue weighted by Crippen LogP contribution is 2.20. The monoisotopic (exact) mass is 264 g/mol. The van der Waals surface area contributed by atoms with Gasteiger partial charge in [-0.15, -0.1) is 0 Å². The number of carbonyl (C=O) groups excluding carboxylic acids is 1. The molecule has 5 nitrogen and oxygen atoms in total. The first-order valence-electron chi connectivity index (χ1n) is 6.02. The van der Waals surface area contributed by atoms with Gasteiger partial charge in [-0.05, 0) is 30.0 Å². The second kappa shape index (κ2) is 5.30. The molecular formula is C14H20N2O3. The van der Waals surface area contributed by atoms with E-state index in [1.54, 1.807) is 39.0 Å². The van der Waals surface area contributed by atoms with E-state index in [0.29, 0.717) is 11.3 Å². The Morgan fingerprint density at radius 2 is 1.89 bits per heavy atom. The Morgan fingerprint density at radius 1 is 1.32 bits per heavy atom. The van der Waals surface area contributed by atoms with Crippen LogP contribution in [-0.2, 0) is 4.79 Å². The molecule has 0 aromatic heterocycles. The Balaban J connectivity index is 2.94. The molecule has 0 unspecified atom stereocenters. The van der Waals surface area contributed by atoms with Gasteiger partial charge in [-0.2, -0.15) is 0 Å². The Labute approximate surface area is 112 Å². The average Bonchev–Trinajstić information content (AvgIpc) is 2.27. The summed E-state index contributed by atoms with van der Waals surface area (Å²) in [5.41, 5.74) is 6.91. The molecular weight excluding hydrogens is 244 g/mol. The van der Waals surface area contributed by atoms with E-state index < -0.39 is 23.3 Å². The SMILES string of the molecule is Cc1ccc(C(=O)N[C@@H](C(=O)O)C(C)(C)C)cc1N. The second-order valence-electron chi connectivity index (χ2n) is 5.68. The van der Waals surface area contributed by atoms with Crippen molar-refractivity contribution in [3.63, 3.8) is 0 Å². The lowest BCUT2D eigenvalue weighted by atomic mass is 9.86. The maximum absolute atomic E-state index is 12.0. The summed E-state index contributed by atoms with van der Waals surface area (Å²) in [6.07, 6.45) is 0. The van der Waals surface area contributed by atoms with Gasteiger partial charge in [0.25, 0.3) is 5.91 Å². The molecule has 5 heteroatoms. The number of amides is 1. The van der Waals surface area contributed by atoms with Crippen molar-refractivity contribution in [2.45, 2.75) is 33.7 Å². The van der Waals surface area contributed by atoms with Gasteiger partial charge in [0.2, 0.25) is 0 Å². The van der Waals surface area contributed by atoms with Crippen molar-refractivity contribution in [1.29, 1.82) is 0 Å². The van der Waals surface area contributed by atoms with E-state index in [2.05, 4.69) is 5.32 Å². The van der Waals surface area contributed by atoms with Crippen molar-refractivity contribution < 1.29 is 14.7 Å². The van der Waals surface area contributed by atoms with Gasteiger partial charge in [0.1, 0.15) is 6.04 Å². The molecule has 0 fully saturated rings. The van der Waals surface area contributed by atoms with Crippen molar-refractivity contribution in [2.75, 3.05) is 5.73 Å². The van der Waals surface area contributed by atoms with E-state index >= 15 is 0 Å². The summed E-state index contributed by atoms with van der Waals surface area (Å²) >= 11 is 0. The molecule has 0 saturated carbocycles. The minimum atomic E-state index is -1.05. The molecule has 0 radical (unpaired) electrons. The summed E-state index contributed by atoms with van der Waals surface area (Å²) in [7, 11) is 0. The summed E-state index contributed by atoms with van der Waals surface area (Å²) in [5.74, 6) is -1.49. The molecule has 1 rings (SSSR count). The first-order valence-corrected chi connectivity index (χ1v) is 6.02. The number of hydrogen-bond donors (Lipinski definition) is 3. The molecule has 0 heterocycles. The third-order valence-corrected chi connectivity index (χ3v) is 2.93. The molecule has 0 spiro atoms. The van der Waals surface area contributed by atoms with Gasteiger partial charge in [0.05, 0.1) is 0 Å². The number of anilines is 1. The topological polar surface area (TPSA) is 92.4 Å². The van der Waals surface area contributed by atoms with Crippen LogP contribution in [0.4, 0.5) is 5.69 Å². The molecule has 1 amide bonds. The Hall–Kier alpha value is -2.04. The summed E-state index contributed by atoms with van der Waals surface area (Å²) < 4.78 is 0. The summed E-state index contributed by atoms with van der Waals surface area (Å²) in [5, 5.41) is 11.7. The number of nitrogen functional groups attached to an aromatic ring is 1. The predicted molar refractivity (Wildman–Crippen MR) is 73.9 cm³/mol. The smallest absolute Gasteiger partial charge is 0.326 e. The molecule has 0 saturated heterocycles. The molecule has 0 bridgehead atoms. The van der Waals surface area contributed by atoms with Gasteiger partial charge >= 0.3 is 5.97 Å². The number of carbonyl (C=O) groups is 2. The van der Waals surface area contributed by atoms with Gasteiger partial charge in [0.15, 0.2) is 0 Å². The number of hydrogen-bond acceptors (Lipinski definition) is 3. The van der Waals surface area contributed by atoms with Crippen molar-refractivity contribution in [3.8, 4) is 0 Å². The minimum Gasteiger partial charge on any atom is -0.480 e. The highest BCUT2D eigenvalue weighted by molar-refractivity contribution is 5.97. The van der Waals surface area contributed by atoms with Crippen LogP contribution < -0.4 is 11.1 Å². The fourth-order valence-corrected chi connectivity index (χ4v) is 1.64. The zero-order valence-corrected chi connectivity index (χ0v) is 11.7. The number of aryl methyl sites for hydroxylation is 1. The standard InChI is InChI=1S/C14H20N2O3/c1-8-5-6-9(7-10(8)15)12(17)16-11(13(18)19)14(2,3)4/h5-7,11H,15H2,1-4H3,(H,16,17)(H,18,19)/t11-/m0/s1. The first-order chi connectivity index (χ1) is 8.62. The van der Waals surface area contributed by atoms with E-state index in [-0.39, 0.29) is 0 Å². The fourth-order valence-electron chi connectivity index (χ4n) is 1.64. The van der Waals surface area contributed by atoms with Crippen LogP contribution in [0.15, 0.2) is 18.2 Å². The van der Waals surface area contributed by atoms with E-state index in [1.807, 2.05) is 6.92 Å². The number of carboxylic acid groups (broad SMARTS) is 1. The average molecular weight is 264 g/mol. The molecule has 0 aliphatic heterocycles. The summed E-state index contributed by atoms with van der Waals surface area (Å²) in [6, 6.07) is 3.95. The molecule has 1 aromatic carbocycles. The zero-order valence-electron chi connectivity index (χ0n) is 11.7. The zero-order chi connectivity index (χ0) is 14.8. The van der Waals surface area contributed by atoms with Crippen LogP contribution in [0.1, 0.15) is 36.7 Å². The van der Waals surface area contributed by atoms with Gasteiger partial charge in [0, 0.05) is 11.3 Å². The summed E-state index contributed by atoms with van der Waals surface area (Å²) in [6.45, 7) is 7.12. The minimum absolute atomic E-state index is 0.360. The molecule has 0 aliphatic carbocycles. The number of rotatable bonds is 3. The van der Waals surface area contributed by atoms with Crippen LogP contribution in [0.2, 0.25) is 0 Å². The predicted octanol–water partition coefficient (Wildman–Crippen LogP) is 1.81. The van der Waals surface area contributed by atoms with Crippen LogP contribution in [0.3, 0.4) is 0 Å². The van der Waals surface area contributed by atoms with E-state index in [1.165, 1.54) is 0 Å². The van der Waals surface area contributed by atoms with E-state index in [4.69, 9.17) is 10.8 Å². The quantitative estimate of drug-likeness (QED) is 0.726. The van der Waals surface area contributed by atoms with Crippen LogP contribution in [-0.4, -0.2) is 23.0 Å². The highest BCUT2D eigenvalue weighted by Gasteiger charge is 2.32. The maximum Gasteiger partial charge on any atom is 0.326 e. The van der Waals surface area contributed by atoms with Crippen LogP contribution in [0, 0.1) is 12.3 Å². The molecule has 0 aliphatic rings. The van der Waals surface area contributed by atoms with Crippen LogP contribution in [0.25, 0.3) is 0 Å². The number of nitrogens with one attached hydrogen (secondary N) is 1. The molecule has 19 heavy (non-hydrogen) atoms. The lowest BCUT2D eigenvalue weighted by Crippen LogP contribution is -2.49. The number of carboxylic acids is 1. The van der Waals surface area contributed by atoms with Gasteiger partial charge in [-0.1, -0.05) is 26.8 Å². The van der Waals surface area contributed by atoms with E-state index in [0.717, 1.165) is 5.56 Å². The first kappa shape index (κ1) is 15.0. The largest absolute Gasteiger partial charge is 0.480 e. The lowest BCUT2D eigenvalue weighted by molar-refractivity contribution is -0.142.